The second kappa shape index (κ2) is 7.45. The summed E-state index contributed by atoms with van der Waals surface area (Å²) in [4.78, 5) is 26.9. The smallest absolute Gasteiger partial charge is 0.303 e. The van der Waals surface area contributed by atoms with E-state index >= 15 is 0 Å². The van der Waals surface area contributed by atoms with Crippen LogP contribution in [0.1, 0.15) is 18.5 Å². The molecule has 0 radical (unpaired) electrons. The summed E-state index contributed by atoms with van der Waals surface area (Å²) in [6.07, 6.45) is -0.827. The van der Waals surface area contributed by atoms with Gasteiger partial charge in [0.1, 0.15) is 6.04 Å². The maximum absolute atomic E-state index is 13.4. The number of rotatable bonds is 3. The van der Waals surface area contributed by atoms with Crippen molar-refractivity contribution < 1.29 is 14.3 Å². The van der Waals surface area contributed by atoms with Gasteiger partial charge in [-0.05, 0) is 38.6 Å². The van der Waals surface area contributed by atoms with Crippen LogP contribution in [0, 0.1) is 0 Å². The molecule has 0 spiro atoms. The van der Waals surface area contributed by atoms with E-state index in [0.29, 0.717) is 0 Å². The Morgan fingerprint density at radius 3 is 2.12 bits per heavy atom. The van der Waals surface area contributed by atoms with E-state index in [1.165, 1.54) is 6.92 Å². The zero-order valence-electron chi connectivity index (χ0n) is 18.1. The molecule has 160 valence electrons. The van der Waals surface area contributed by atoms with Gasteiger partial charge in [0, 0.05) is 12.3 Å². The van der Waals surface area contributed by atoms with Gasteiger partial charge in [-0.15, -0.1) is 0 Å². The molecule has 1 aliphatic heterocycles. The largest absolute Gasteiger partial charge is 0.450 e. The fourth-order valence-electron chi connectivity index (χ4n) is 5.04. The Kier molecular flexibility index (Phi) is 4.40. The van der Waals surface area contributed by atoms with Crippen LogP contribution < -0.4 is 4.90 Å². The standard InChI is InChI=1S/C29H21NO3/c1-18(31)33-28-27(20-10-3-2-4-11-20)30(29(28)32)26-17-25-21-12-6-5-9-19(21)15-16-23(25)22-13-7-8-14-24(22)26/h2-17,27-28H,1H3/t27-,28-/m0/s1. The highest BCUT2D eigenvalue weighted by Crippen LogP contribution is 2.46. The minimum absolute atomic E-state index is 0.205. The summed E-state index contributed by atoms with van der Waals surface area (Å²) in [5.74, 6) is -0.660. The van der Waals surface area contributed by atoms with Gasteiger partial charge in [0.15, 0.2) is 0 Å². The summed E-state index contributed by atoms with van der Waals surface area (Å²) in [6.45, 7) is 1.34. The first-order valence-electron chi connectivity index (χ1n) is 11.0. The van der Waals surface area contributed by atoms with Crippen molar-refractivity contribution >= 4 is 49.9 Å². The van der Waals surface area contributed by atoms with Crippen LogP contribution in [0.3, 0.4) is 0 Å². The van der Waals surface area contributed by atoms with Crippen molar-refractivity contribution in [2.75, 3.05) is 4.90 Å². The number of anilines is 1. The van der Waals surface area contributed by atoms with Crippen LogP contribution in [-0.2, 0) is 14.3 Å². The highest BCUT2D eigenvalue weighted by atomic mass is 16.6. The van der Waals surface area contributed by atoms with Gasteiger partial charge in [0.2, 0.25) is 6.10 Å². The third-order valence-electron chi connectivity index (χ3n) is 6.48. The number of esters is 1. The molecule has 33 heavy (non-hydrogen) atoms. The Hall–Kier alpha value is -4.18. The van der Waals surface area contributed by atoms with Crippen molar-refractivity contribution in [3.05, 3.63) is 103 Å². The fourth-order valence-corrected chi connectivity index (χ4v) is 5.04. The third kappa shape index (κ3) is 2.99. The number of fused-ring (bicyclic) bond motifs is 5. The van der Waals surface area contributed by atoms with Gasteiger partial charge in [0.05, 0.1) is 5.69 Å². The van der Waals surface area contributed by atoms with Crippen LogP contribution in [0.2, 0.25) is 0 Å². The van der Waals surface area contributed by atoms with Crippen LogP contribution in [0.15, 0.2) is 97.1 Å². The predicted molar refractivity (Wildman–Crippen MR) is 131 cm³/mol. The molecule has 4 heteroatoms. The molecule has 0 saturated carbocycles. The highest BCUT2D eigenvalue weighted by Gasteiger charge is 2.51. The molecule has 6 rings (SSSR count). The predicted octanol–water partition coefficient (Wildman–Crippen LogP) is 6.17. The van der Waals surface area contributed by atoms with E-state index in [0.717, 1.165) is 43.6 Å². The van der Waals surface area contributed by atoms with E-state index in [2.05, 4.69) is 36.4 Å². The van der Waals surface area contributed by atoms with Gasteiger partial charge >= 0.3 is 5.97 Å². The molecule has 1 fully saturated rings. The quantitative estimate of drug-likeness (QED) is 0.195. The van der Waals surface area contributed by atoms with E-state index in [4.69, 9.17) is 4.74 Å². The lowest BCUT2D eigenvalue weighted by molar-refractivity contribution is -0.160. The highest BCUT2D eigenvalue weighted by molar-refractivity contribution is 6.23. The van der Waals surface area contributed by atoms with Gasteiger partial charge < -0.3 is 4.74 Å². The molecule has 5 aromatic carbocycles. The molecular weight excluding hydrogens is 410 g/mol. The minimum atomic E-state index is -0.827. The molecule has 1 amide bonds. The average molecular weight is 431 g/mol. The molecule has 1 saturated heterocycles. The van der Waals surface area contributed by atoms with Gasteiger partial charge in [-0.1, -0.05) is 91.0 Å². The molecule has 0 N–H and O–H groups in total. The number of ether oxygens (including phenoxy) is 1. The molecule has 4 nitrogen and oxygen atoms in total. The Morgan fingerprint density at radius 2 is 1.36 bits per heavy atom. The summed E-state index contributed by atoms with van der Waals surface area (Å²) < 4.78 is 5.46. The Bertz CT molecular complexity index is 1560. The lowest BCUT2D eigenvalue weighted by atomic mass is 9.87. The van der Waals surface area contributed by atoms with E-state index in [1.807, 2.05) is 60.7 Å². The Balaban J connectivity index is 1.63. The first-order valence-corrected chi connectivity index (χ1v) is 11.0. The number of β-lactam (4-membered cyclic amide) rings is 1. The molecular formula is C29H21NO3. The molecule has 2 atom stereocenters. The van der Waals surface area contributed by atoms with Gasteiger partial charge in [0.25, 0.3) is 5.91 Å². The summed E-state index contributed by atoms with van der Waals surface area (Å²) in [5, 5.41) is 6.62. The maximum atomic E-state index is 13.4. The lowest BCUT2D eigenvalue weighted by Gasteiger charge is -2.46. The number of benzene rings is 5. The molecule has 1 heterocycles. The van der Waals surface area contributed by atoms with Gasteiger partial charge in [-0.3, -0.25) is 14.5 Å². The Labute approximate surface area is 191 Å². The summed E-state index contributed by atoms with van der Waals surface area (Å²) >= 11 is 0. The SMILES string of the molecule is CC(=O)O[C@@H]1C(=O)N(c2cc3c4ccccc4ccc3c3ccccc23)[C@H]1c1ccccc1. The number of carbonyl (C=O) groups is 2. The van der Waals surface area contributed by atoms with Crippen molar-refractivity contribution in [1.82, 2.24) is 0 Å². The van der Waals surface area contributed by atoms with Gasteiger partial charge in [-0.2, -0.15) is 0 Å². The zero-order chi connectivity index (χ0) is 22.5. The fraction of sp³-hybridized carbons (Fsp3) is 0.103. The third-order valence-corrected chi connectivity index (χ3v) is 6.48. The number of carbonyl (C=O) groups excluding carboxylic acids is 2. The second-order valence-corrected chi connectivity index (χ2v) is 8.42. The van der Waals surface area contributed by atoms with E-state index < -0.39 is 12.1 Å². The zero-order valence-corrected chi connectivity index (χ0v) is 18.1. The number of hydrogen-bond donors (Lipinski definition) is 0. The molecule has 0 bridgehead atoms. The topological polar surface area (TPSA) is 46.6 Å². The van der Waals surface area contributed by atoms with Crippen molar-refractivity contribution in [3.63, 3.8) is 0 Å². The molecule has 0 aliphatic carbocycles. The van der Waals surface area contributed by atoms with E-state index in [1.54, 1.807) is 4.90 Å². The monoisotopic (exact) mass is 431 g/mol. The number of nitrogens with zero attached hydrogens (tertiary/aromatic N) is 1. The van der Waals surface area contributed by atoms with Crippen LogP contribution >= 0.6 is 0 Å². The Morgan fingerprint density at radius 1 is 0.727 bits per heavy atom. The van der Waals surface area contributed by atoms with Gasteiger partial charge in [-0.25, -0.2) is 0 Å². The van der Waals surface area contributed by atoms with Crippen molar-refractivity contribution in [3.8, 4) is 0 Å². The van der Waals surface area contributed by atoms with Crippen LogP contribution in [-0.4, -0.2) is 18.0 Å². The maximum Gasteiger partial charge on any atom is 0.303 e. The summed E-state index contributed by atoms with van der Waals surface area (Å²) in [7, 11) is 0. The van der Waals surface area contributed by atoms with Crippen LogP contribution in [0.25, 0.3) is 32.3 Å². The van der Waals surface area contributed by atoms with Crippen molar-refractivity contribution in [1.29, 1.82) is 0 Å². The van der Waals surface area contributed by atoms with E-state index in [9.17, 15) is 9.59 Å². The molecule has 0 aromatic heterocycles. The summed E-state index contributed by atoms with van der Waals surface area (Å²) in [6, 6.07) is 32.2. The molecule has 1 aliphatic rings. The average Bonchev–Trinajstić information content (AvgIpc) is 2.85. The first kappa shape index (κ1) is 19.5. The normalized spacial score (nSPS) is 18.0. The number of amides is 1. The summed E-state index contributed by atoms with van der Waals surface area (Å²) in [5.41, 5.74) is 1.77. The molecule has 5 aromatic rings. The lowest BCUT2D eigenvalue weighted by Crippen LogP contribution is -2.60. The van der Waals surface area contributed by atoms with Crippen molar-refractivity contribution in [2.24, 2.45) is 0 Å². The van der Waals surface area contributed by atoms with E-state index in [-0.39, 0.29) is 11.9 Å². The van der Waals surface area contributed by atoms with Crippen molar-refractivity contribution in [2.45, 2.75) is 19.1 Å². The minimum Gasteiger partial charge on any atom is -0.450 e. The molecule has 0 unspecified atom stereocenters. The van der Waals surface area contributed by atoms with Crippen LogP contribution in [0.5, 0.6) is 0 Å². The first-order chi connectivity index (χ1) is 16.1. The second-order valence-electron chi connectivity index (χ2n) is 8.42. The number of hydrogen-bond acceptors (Lipinski definition) is 3. The van der Waals surface area contributed by atoms with Crippen LogP contribution in [0.4, 0.5) is 5.69 Å².